The molecular formula is C24H28ClN3O2. The van der Waals surface area contributed by atoms with Crippen molar-refractivity contribution in [1.29, 1.82) is 0 Å². The van der Waals surface area contributed by atoms with Gasteiger partial charge in [0, 0.05) is 29.4 Å². The number of amides is 2. The maximum atomic E-state index is 13.2. The molecule has 30 heavy (non-hydrogen) atoms. The smallest absolute Gasteiger partial charge is 0.246 e. The summed E-state index contributed by atoms with van der Waals surface area (Å²) in [7, 11) is 0. The van der Waals surface area contributed by atoms with Gasteiger partial charge in [-0.1, -0.05) is 54.1 Å². The lowest BCUT2D eigenvalue weighted by Crippen LogP contribution is -2.62. The fraction of sp³-hybridized carbons (Fsp3) is 0.417. The first-order valence-corrected chi connectivity index (χ1v) is 11.0. The van der Waals surface area contributed by atoms with Crippen molar-refractivity contribution in [2.24, 2.45) is 5.73 Å². The van der Waals surface area contributed by atoms with Crippen molar-refractivity contribution < 1.29 is 9.59 Å². The van der Waals surface area contributed by atoms with Crippen LogP contribution in [0.15, 0.2) is 54.6 Å². The number of nitrogens with zero attached hydrogens (tertiary/aromatic N) is 1. The van der Waals surface area contributed by atoms with E-state index in [2.05, 4.69) is 11.4 Å². The van der Waals surface area contributed by atoms with Crippen LogP contribution in [0.5, 0.6) is 0 Å². The molecule has 1 saturated carbocycles. The lowest BCUT2D eigenvalue weighted by Gasteiger charge is -2.45. The molecule has 158 valence electrons. The van der Waals surface area contributed by atoms with Crippen LogP contribution >= 0.6 is 11.6 Å². The highest BCUT2D eigenvalue weighted by atomic mass is 35.5. The number of hydrogen-bond acceptors (Lipinski definition) is 3. The minimum Gasteiger partial charge on any atom is -0.342 e. The van der Waals surface area contributed by atoms with E-state index in [9.17, 15) is 9.59 Å². The Morgan fingerprint density at radius 2 is 1.80 bits per heavy atom. The van der Waals surface area contributed by atoms with Crippen LogP contribution < -0.4 is 11.1 Å². The number of rotatable bonds is 5. The summed E-state index contributed by atoms with van der Waals surface area (Å²) in [6.07, 6.45) is 3.94. The van der Waals surface area contributed by atoms with Gasteiger partial charge < -0.3 is 16.0 Å². The summed E-state index contributed by atoms with van der Waals surface area (Å²) in [6, 6.07) is 17.3. The van der Waals surface area contributed by atoms with E-state index in [-0.39, 0.29) is 29.8 Å². The average Bonchev–Trinajstić information content (AvgIpc) is 2.77. The molecule has 3 N–H and O–H groups in total. The number of hydrogen-bond donors (Lipinski definition) is 2. The normalized spacial score (nSPS) is 27.1. The summed E-state index contributed by atoms with van der Waals surface area (Å²) in [5, 5.41) is 3.60. The Kier molecular flexibility index (Phi) is 6.11. The van der Waals surface area contributed by atoms with Crippen LogP contribution in [0.1, 0.15) is 36.8 Å². The molecule has 6 heteroatoms. The Morgan fingerprint density at radius 1 is 1.07 bits per heavy atom. The summed E-state index contributed by atoms with van der Waals surface area (Å²) >= 11 is 6.21. The molecule has 0 bridgehead atoms. The van der Waals surface area contributed by atoms with Gasteiger partial charge in [0.25, 0.3) is 0 Å². The molecule has 1 aliphatic heterocycles. The molecule has 2 aromatic carbocycles. The number of piperazine rings is 1. The predicted octanol–water partition coefficient (Wildman–Crippen LogP) is 3.05. The van der Waals surface area contributed by atoms with Crippen molar-refractivity contribution in [3.63, 3.8) is 0 Å². The van der Waals surface area contributed by atoms with Crippen molar-refractivity contribution in [3.8, 4) is 0 Å². The molecule has 1 atom stereocenters. The van der Waals surface area contributed by atoms with Gasteiger partial charge in [0.05, 0.1) is 6.54 Å². The van der Waals surface area contributed by atoms with Crippen LogP contribution in [0.2, 0.25) is 5.02 Å². The molecule has 2 amide bonds. The molecule has 2 fully saturated rings. The van der Waals surface area contributed by atoms with Gasteiger partial charge in [0.1, 0.15) is 6.04 Å². The number of halogens is 1. The molecule has 5 nitrogen and oxygen atoms in total. The second-order valence-corrected chi connectivity index (χ2v) is 8.94. The molecule has 1 saturated heterocycles. The standard InChI is InChI=1S/C24H28ClN3O2/c25-19-8-4-7-18(14-19)24(16-26)11-9-20(10-12-24)28-15-22(29)27-21(23(28)30)13-17-5-2-1-3-6-17/h1-8,14,20-21H,9-13,15-16,26H2,(H,27,29). The SMILES string of the molecule is NCC1(c2cccc(Cl)c2)CCC(N2CC(=O)NC(Cc3ccccc3)C2=O)CC1. The molecular weight excluding hydrogens is 398 g/mol. The van der Waals surface area contributed by atoms with Gasteiger partial charge in [-0.3, -0.25) is 9.59 Å². The summed E-state index contributed by atoms with van der Waals surface area (Å²) in [4.78, 5) is 27.4. The van der Waals surface area contributed by atoms with E-state index in [0.717, 1.165) is 31.2 Å². The van der Waals surface area contributed by atoms with E-state index in [1.165, 1.54) is 5.56 Å². The van der Waals surface area contributed by atoms with Crippen LogP contribution in [0.3, 0.4) is 0 Å². The molecule has 0 aromatic heterocycles. The van der Waals surface area contributed by atoms with Gasteiger partial charge in [-0.15, -0.1) is 0 Å². The maximum Gasteiger partial charge on any atom is 0.246 e. The Labute approximate surface area is 182 Å². The number of carbonyl (C=O) groups excluding carboxylic acids is 2. The highest BCUT2D eigenvalue weighted by Crippen LogP contribution is 2.41. The molecule has 1 heterocycles. The molecule has 1 aliphatic carbocycles. The first-order valence-electron chi connectivity index (χ1n) is 10.6. The third kappa shape index (κ3) is 4.23. The lowest BCUT2D eigenvalue weighted by molar-refractivity contribution is -0.147. The number of benzene rings is 2. The monoisotopic (exact) mass is 425 g/mol. The van der Waals surface area contributed by atoms with Gasteiger partial charge in [0.2, 0.25) is 11.8 Å². The van der Waals surface area contributed by atoms with Crippen molar-refractivity contribution in [1.82, 2.24) is 10.2 Å². The van der Waals surface area contributed by atoms with E-state index < -0.39 is 6.04 Å². The zero-order chi connectivity index (χ0) is 21.1. The number of nitrogens with one attached hydrogen (secondary N) is 1. The minimum atomic E-state index is -0.497. The third-order valence-corrected chi connectivity index (χ3v) is 6.93. The molecule has 1 unspecified atom stereocenters. The number of carbonyl (C=O) groups is 2. The molecule has 2 aromatic rings. The van der Waals surface area contributed by atoms with Crippen molar-refractivity contribution in [2.75, 3.05) is 13.1 Å². The van der Waals surface area contributed by atoms with Gasteiger partial charge >= 0.3 is 0 Å². The summed E-state index contributed by atoms with van der Waals surface area (Å²) in [6.45, 7) is 0.687. The molecule has 2 aliphatic rings. The quantitative estimate of drug-likeness (QED) is 0.773. The Hall–Kier alpha value is -2.37. The van der Waals surface area contributed by atoms with Gasteiger partial charge in [-0.2, -0.15) is 0 Å². The summed E-state index contributed by atoms with van der Waals surface area (Å²) in [5.74, 6) is -0.0625. The minimum absolute atomic E-state index is 0.0199. The van der Waals surface area contributed by atoms with Crippen LogP contribution in [0, 0.1) is 0 Å². The lowest BCUT2D eigenvalue weighted by atomic mass is 9.68. The third-order valence-electron chi connectivity index (χ3n) is 6.69. The highest BCUT2D eigenvalue weighted by molar-refractivity contribution is 6.30. The zero-order valence-electron chi connectivity index (χ0n) is 17.0. The van der Waals surface area contributed by atoms with Crippen molar-refractivity contribution >= 4 is 23.4 Å². The van der Waals surface area contributed by atoms with E-state index in [1.54, 1.807) is 4.90 Å². The van der Waals surface area contributed by atoms with Crippen molar-refractivity contribution in [2.45, 2.75) is 49.6 Å². The summed E-state index contributed by atoms with van der Waals surface area (Å²) < 4.78 is 0. The summed E-state index contributed by atoms with van der Waals surface area (Å²) in [5.41, 5.74) is 8.31. The molecule has 4 rings (SSSR count). The van der Waals surface area contributed by atoms with Gasteiger partial charge in [0.15, 0.2) is 0 Å². The fourth-order valence-electron chi connectivity index (χ4n) is 4.93. The average molecular weight is 426 g/mol. The Morgan fingerprint density at radius 3 is 2.47 bits per heavy atom. The van der Waals surface area contributed by atoms with Gasteiger partial charge in [-0.25, -0.2) is 0 Å². The van der Waals surface area contributed by atoms with Crippen LogP contribution in [-0.4, -0.2) is 41.9 Å². The largest absolute Gasteiger partial charge is 0.342 e. The first-order chi connectivity index (χ1) is 14.5. The predicted molar refractivity (Wildman–Crippen MR) is 118 cm³/mol. The topological polar surface area (TPSA) is 75.4 Å². The van der Waals surface area contributed by atoms with Crippen molar-refractivity contribution in [3.05, 3.63) is 70.7 Å². The highest BCUT2D eigenvalue weighted by Gasteiger charge is 2.42. The molecule has 0 spiro atoms. The first kappa shape index (κ1) is 20.9. The van der Waals surface area contributed by atoms with E-state index in [0.29, 0.717) is 18.0 Å². The second kappa shape index (κ2) is 8.78. The second-order valence-electron chi connectivity index (χ2n) is 8.50. The van der Waals surface area contributed by atoms with Gasteiger partial charge in [-0.05, 0) is 48.9 Å². The van der Waals surface area contributed by atoms with E-state index in [1.807, 2.05) is 48.5 Å². The fourth-order valence-corrected chi connectivity index (χ4v) is 5.12. The Balaban J connectivity index is 1.46. The van der Waals surface area contributed by atoms with Crippen LogP contribution in [0.4, 0.5) is 0 Å². The number of nitrogens with two attached hydrogens (primary N) is 1. The zero-order valence-corrected chi connectivity index (χ0v) is 17.8. The van der Waals surface area contributed by atoms with E-state index in [4.69, 9.17) is 17.3 Å². The van der Waals surface area contributed by atoms with E-state index >= 15 is 0 Å². The maximum absolute atomic E-state index is 13.2. The Bertz CT molecular complexity index is 910. The van der Waals surface area contributed by atoms with Crippen LogP contribution in [-0.2, 0) is 21.4 Å². The molecule has 0 radical (unpaired) electrons. The van der Waals surface area contributed by atoms with Crippen LogP contribution in [0.25, 0.3) is 0 Å².